The minimum atomic E-state index is -0.659. The Hall–Kier alpha value is -2.30. The topological polar surface area (TPSA) is 46.1 Å². The molecule has 0 aromatic carbocycles. The number of rotatable bonds is 3. The van der Waals surface area contributed by atoms with Crippen molar-refractivity contribution in [1.82, 2.24) is 14.9 Å². The van der Waals surface area contributed by atoms with Crippen molar-refractivity contribution in [2.75, 3.05) is 7.05 Å². The lowest BCUT2D eigenvalue weighted by atomic mass is 10.2. The van der Waals surface area contributed by atoms with Gasteiger partial charge in [-0.2, -0.15) is 4.39 Å². The Morgan fingerprint density at radius 1 is 1.21 bits per heavy atom. The van der Waals surface area contributed by atoms with Gasteiger partial charge in [0, 0.05) is 12.7 Å². The first-order chi connectivity index (χ1) is 9.06. The van der Waals surface area contributed by atoms with E-state index in [9.17, 15) is 9.18 Å². The van der Waals surface area contributed by atoms with Crippen molar-refractivity contribution in [2.24, 2.45) is 0 Å². The molecule has 0 aliphatic carbocycles. The zero-order valence-electron chi connectivity index (χ0n) is 10.8. The van der Waals surface area contributed by atoms with Crippen LogP contribution >= 0.6 is 0 Å². The van der Waals surface area contributed by atoms with E-state index in [0.29, 0.717) is 6.54 Å². The van der Waals surface area contributed by atoms with Crippen LogP contribution in [0.25, 0.3) is 0 Å². The van der Waals surface area contributed by atoms with Crippen molar-refractivity contribution in [3.05, 3.63) is 59.4 Å². The highest BCUT2D eigenvalue weighted by Crippen LogP contribution is 2.06. The Balaban J connectivity index is 2.12. The molecule has 0 radical (unpaired) electrons. The molecule has 2 rings (SSSR count). The molecular formula is C14H14FN3O. The predicted molar refractivity (Wildman–Crippen MR) is 69.0 cm³/mol. The summed E-state index contributed by atoms with van der Waals surface area (Å²) in [6.07, 6.45) is 0. The van der Waals surface area contributed by atoms with Crippen LogP contribution in [0.5, 0.6) is 0 Å². The molecule has 0 bridgehead atoms. The number of pyridine rings is 2. The Morgan fingerprint density at radius 3 is 2.63 bits per heavy atom. The molecule has 98 valence electrons. The van der Waals surface area contributed by atoms with Crippen LogP contribution in [0.15, 0.2) is 36.4 Å². The molecule has 0 atom stereocenters. The maximum absolute atomic E-state index is 13.0. The van der Waals surface area contributed by atoms with E-state index >= 15 is 0 Å². The molecule has 1 amide bonds. The summed E-state index contributed by atoms with van der Waals surface area (Å²) in [5.74, 6) is -0.990. The molecule has 0 unspecified atom stereocenters. The molecule has 4 nitrogen and oxygen atoms in total. The maximum Gasteiger partial charge on any atom is 0.272 e. The van der Waals surface area contributed by atoms with Crippen molar-refractivity contribution in [2.45, 2.75) is 13.5 Å². The second-order valence-corrected chi connectivity index (χ2v) is 4.28. The highest BCUT2D eigenvalue weighted by Gasteiger charge is 2.14. The lowest BCUT2D eigenvalue weighted by Crippen LogP contribution is -2.27. The molecule has 0 saturated heterocycles. The summed E-state index contributed by atoms with van der Waals surface area (Å²) in [5, 5.41) is 0. The number of carbonyl (C=O) groups is 1. The van der Waals surface area contributed by atoms with E-state index in [2.05, 4.69) is 9.97 Å². The van der Waals surface area contributed by atoms with Crippen LogP contribution in [0.2, 0.25) is 0 Å². The Morgan fingerprint density at radius 2 is 1.95 bits per heavy atom. The van der Waals surface area contributed by atoms with Crippen molar-refractivity contribution in [3.63, 3.8) is 0 Å². The van der Waals surface area contributed by atoms with Crippen molar-refractivity contribution >= 4 is 5.91 Å². The quantitative estimate of drug-likeness (QED) is 0.794. The van der Waals surface area contributed by atoms with Gasteiger partial charge in [0.15, 0.2) is 0 Å². The molecule has 2 aromatic rings. The number of nitrogens with zero attached hydrogens (tertiary/aromatic N) is 3. The average Bonchev–Trinajstić information content (AvgIpc) is 2.38. The number of carbonyl (C=O) groups excluding carboxylic acids is 1. The molecule has 0 spiro atoms. The first kappa shape index (κ1) is 13.1. The summed E-state index contributed by atoms with van der Waals surface area (Å²) in [5.41, 5.74) is 1.77. The summed E-state index contributed by atoms with van der Waals surface area (Å²) >= 11 is 0. The van der Waals surface area contributed by atoms with Gasteiger partial charge < -0.3 is 4.90 Å². The number of amides is 1. The van der Waals surface area contributed by atoms with Gasteiger partial charge in [0.1, 0.15) is 5.69 Å². The van der Waals surface area contributed by atoms with Crippen LogP contribution in [-0.4, -0.2) is 27.8 Å². The molecule has 0 saturated carbocycles. The third-order valence-corrected chi connectivity index (χ3v) is 2.63. The Kier molecular flexibility index (Phi) is 3.85. The number of halogens is 1. The number of aromatic nitrogens is 2. The normalized spacial score (nSPS) is 10.3. The van der Waals surface area contributed by atoms with E-state index in [-0.39, 0.29) is 11.6 Å². The van der Waals surface area contributed by atoms with E-state index in [1.807, 2.05) is 25.1 Å². The van der Waals surface area contributed by atoms with Gasteiger partial charge in [-0.25, -0.2) is 4.98 Å². The first-order valence-electron chi connectivity index (χ1n) is 5.87. The van der Waals surface area contributed by atoms with Crippen molar-refractivity contribution in [1.29, 1.82) is 0 Å². The Labute approximate surface area is 110 Å². The molecule has 0 N–H and O–H groups in total. The smallest absolute Gasteiger partial charge is 0.272 e. The van der Waals surface area contributed by atoms with Crippen LogP contribution in [0, 0.1) is 12.9 Å². The van der Waals surface area contributed by atoms with Crippen LogP contribution in [0.4, 0.5) is 4.39 Å². The number of hydrogen-bond donors (Lipinski definition) is 0. The monoisotopic (exact) mass is 259 g/mol. The molecule has 0 aliphatic heterocycles. The average molecular weight is 259 g/mol. The van der Waals surface area contributed by atoms with Crippen LogP contribution in [0.1, 0.15) is 21.9 Å². The van der Waals surface area contributed by atoms with E-state index in [0.717, 1.165) is 11.4 Å². The molecule has 19 heavy (non-hydrogen) atoms. The van der Waals surface area contributed by atoms with E-state index < -0.39 is 5.95 Å². The predicted octanol–water partition coefficient (Wildman–Crippen LogP) is 2.20. The van der Waals surface area contributed by atoms with Gasteiger partial charge in [0.05, 0.1) is 12.2 Å². The second kappa shape index (κ2) is 5.56. The molecule has 5 heteroatoms. The fraction of sp³-hybridized carbons (Fsp3) is 0.214. The van der Waals surface area contributed by atoms with Crippen molar-refractivity contribution in [3.8, 4) is 0 Å². The lowest BCUT2D eigenvalue weighted by Gasteiger charge is -2.16. The van der Waals surface area contributed by atoms with Gasteiger partial charge in [0.25, 0.3) is 5.91 Å². The summed E-state index contributed by atoms with van der Waals surface area (Å²) in [6.45, 7) is 2.25. The van der Waals surface area contributed by atoms with Gasteiger partial charge in [0.2, 0.25) is 5.95 Å². The maximum atomic E-state index is 13.0. The molecule has 0 aliphatic rings. The van der Waals surface area contributed by atoms with Crippen LogP contribution in [-0.2, 0) is 6.54 Å². The zero-order chi connectivity index (χ0) is 13.8. The highest BCUT2D eigenvalue weighted by molar-refractivity contribution is 5.91. The molecule has 0 fully saturated rings. The summed E-state index contributed by atoms with van der Waals surface area (Å²) in [7, 11) is 1.64. The zero-order valence-corrected chi connectivity index (χ0v) is 10.8. The van der Waals surface area contributed by atoms with Gasteiger partial charge in [-0.3, -0.25) is 9.78 Å². The number of aryl methyl sites for hydroxylation is 1. The van der Waals surface area contributed by atoms with E-state index in [1.165, 1.54) is 23.1 Å². The molecule has 2 heterocycles. The summed E-state index contributed by atoms with van der Waals surface area (Å²) < 4.78 is 13.0. The highest BCUT2D eigenvalue weighted by atomic mass is 19.1. The van der Waals surface area contributed by atoms with Gasteiger partial charge in [-0.15, -0.1) is 0 Å². The number of hydrogen-bond acceptors (Lipinski definition) is 3. The fourth-order valence-electron chi connectivity index (χ4n) is 1.73. The van der Waals surface area contributed by atoms with Gasteiger partial charge in [-0.05, 0) is 31.2 Å². The van der Waals surface area contributed by atoms with E-state index in [4.69, 9.17) is 0 Å². The van der Waals surface area contributed by atoms with E-state index in [1.54, 1.807) is 7.05 Å². The Bertz CT molecular complexity index is 601. The molecule has 2 aromatic heterocycles. The van der Waals surface area contributed by atoms with Gasteiger partial charge in [-0.1, -0.05) is 12.1 Å². The SMILES string of the molecule is Cc1cccc(CN(C)C(=O)c2cccc(F)n2)n1. The van der Waals surface area contributed by atoms with Crippen molar-refractivity contribution < 1.29 is 9.18 Å². The third kappa shape index (κ3) is 3.34. The minimum absolute atomic E-state index is 0.0927. The minimum Gasteiger partial charge on any atom is -0.334 e. The lowest BCUT2D eigenvalue weighted by molar-refractivity contribution is 0.0776. The molecular weight excluding hydrogens is 245 g/mol. The largest absolute Gasteiger partial charge is 0.334 e. The fourth-order valence-corrected chi connectivity index (χ4v) is 1.73. The van der Waals surface area contributed by atoms with Gasteiger partial charge >= 0.3 is 0 Å². The third-order valence-electron chi connectivity index (χ3n) is 2.63. The second-order valence-electron chi connectivity index (χ2n) is 4.28. The summed E-state index contributed by atoms with van der Waals surface area (Å²) in [4.78, 5) is 21.4. The summed E-state index contributed by atoms with van der Waals surface area (Å²) in [6, 6.07) is 9.78. The standard InChI is InChI=1S/C14H14FN3O/c1-10-5-3-6-11(16-10)9-18(2)14(19)12-7-4-8-13(15)17-12/h3-8H,9H2,1-2H3. The first-order valence-corrected chi connectivity index (χ1v) is 5.87. The van der Waals surface area contributed by atoms with Crippen LogP contribution in [0.3, 0.4) is 0 Å². The van der Waals surface area contributed by atoms with Crippen LogP contribution < -0.4 is 0 Å².